The fraction of sp³-hybridized carbons (Fsp3) is 0.393. The van der Waals surface area contributed by atoms with Crippen LogP contribution in [0.3, 0.4) is 0 Å². The number of anilines is 2. The monoisotopic (exact) mass is 545 g/mol. The Kier molecular flexibility index (Phi) is 7.43. The number of carbonyl (C=O) groups is 2. The smallest absolute Gasteiger partial charge is 0.415 e. The summed E-state index contributed by atoms with van der Waals surface area (Å²) in [5, 5.41) is 14.6. The number of amides is 2. The summed E-state index contributed by atoms with van der Waals surface area (Å²) in [6, 6.07) is 13.5. The van der Waals surface area contributed by atoms with E-state index in [0.717, 1.165) is 42.1 Å². The molecule has 2 N–H and O–H groups in total. The van der Waals surface area contributed by atoms with Gasteiger partial charge in [-0.2, -0.15) is 10.2 Å². The summed E-state index contributed by atoms with van der Waals surface area (Å²) in [6.45, 7) is 3.60. The number of fused-ring (bicyclic) bond motifs is 1. The number of ether oxygens (including phenoxy) is 3. The molecule has 12 heteroatoms. The highest BCUT2D eigenvalue weighted by molar-refractivity contribution is 5.95. The maximum absolute atomic E-state index is 12.5. The quantitative estimate of drug-likeness (QED) is 0.387. The topological polar surface area (TPSA) is 131 Å². The minimum Gasteiger partial charge on any atom is -0.487 e. The number of likely N-dealkylation sites (tertiary alicyclic amines) is 1. The molecule has 0 radical (unpaired) electrons. The van der Waals surface area contributed by atoms with Crippen molar-refractivity contribution in [1.29, 1.82) is 0 Å². The normalized spacial score (nSPS) is 20.6. The lowest BCUT2D eigenvalue weighted by Gasteiger charge is -2.19. The molecule has 12 nitrogen and oxygen atoms in total. The van der Waals surface area contributed by atoms with E-state index in [1.807, 2.05) is 18.2 Å². The van der Waals surface area contributed by atoms with E-state index in [1.165, 1.54) is 4.90 Å². The molecule has 2 atom stereocenters. The van der Waals surface area contributed by atoms with Gasteiger partial charge in [0.25, 0.3) is 5.91 Å². The van der Waals surface area contributed by atoms with Gasteiger partial charge in [0, 0.05) is 31.3 Å². The number of nitrogens with zero attached hydrogens (tertiary/aromatic N) is 5. The molecule has 40 heavy (non-hydrogen) atoms. The molecule has 1 aromatic carbocycles. The fourth-order valence-corrected chi connectivity index (χ4v) is 5.04. The van der Waals surface area contributed by atoms with E-state index in [4.69, 9.17) is 14.2 Å². The Hall–Kier alpha value is -4.29. The van der Waals surface area contributed by atoms with E-state index in [2.05, 4.69) is 49.9 Å². The molecule has 2 fully saturated rings. The zero-order chi connectivity index (χ0) is 27.5. The van der Waals surface area contributed by atoms with Crippen molar-refractivity contribution in [2.75, 3.05) is 50.1 Å². The van der Waals surface area contributed by atoms with E-state index in [9.17, 15) is 9.59 Å². The summed E-state index contributed by atoms with van der Waals surface area (Å²) < 4.78 is 17.0. The Morgan fingerprint density at radius 2 is 2.10 bits per heavy atom. The molecule has 2 unspecified atom stereocenters. The third-order valence-electron chi connectivity index (χ3n) is 7.09. The first-order valence-corrected chi connectivity index (χ1v) is 13.4. The lowest BCUT2D eigenvalue weighted by atomic mass is 10.1. The van der Waals surface area contributed by atoms with Crippen molar-refractivity contribution in [1.82, 2.24) is 25.4 Å². The number of benzene rings is 1. The van der Waals surface area contributed by atoms with Crippen LogP contribution in [0.2, 0.25) is 0 Å². The van der Waals surface area contributed by atoms with Crippen molar-refractivity contribution < 1.29 is 23.8 Å². The minimum absolute atomic E-state index is 0.0477. The second kappa shape index (κ2) is 11.4. The number of cyclic esters (lactones) is 1. The number of rotatable bonds is 9. The fourth-order valence-electron chi connectivity index (χ4n) is 5.04. The Balaban J connectivity index is 0.997. The van der Waals surface area contributed by atoms with Gasteiger partial charge in [0.1, 0.15) is 23.8 Å². The van der Waals surface area contributed by atoms with Gasteiger partial charge in [-0.1, -0.05) is 18.2 Å². The molecule has 3 aromatic rings. The van der Waals surface area contributed by atoms with Crippen LogP contribution in [0.25, 0.3) is 11.3 Å². The summed E-state index contributed by atoms with van der Waals surface area (Å²) in [6.07, 6.45) is 2.77. The van der Waals surface area contributed by atoms with Gasteiger partial charge in [-0.3, -0.25) is 9.69 Å². The zero-order valence-electron chi connectivity index (χ0n) is 22.2. The molecule has 2 amide bonds. The summed E-state index contributed by atoms with van der Waals surface area (Å²) >= 11 is 0. The van der Waals surface area contributed by atoms with E-state index < -0.39 is 6.09 Å². The number of hydrogen-bond donors (Lipinski definition) is 2. The van der Waals surface area contributed by atoms with Crippen LogP contribution in [0, 0.1) is 0 Å². The van der Waals surface area contributed by atoms with E-state index in [1.54, 1.807) is 18.3 Å². The van der Waals surface area contributed by atoms with Crippen LogP contribution < -0.4 is 25.0 Å². The number of aromatic nitrogens is 3. The largest absolute Gasteiger partial charge is 0.487 e. The van der Waals surface area contributed by atoms with Crippen LogP contribution in [-0.4, -0.2) is 84.1 Å². The standard InChI is InChI=1S/C28H31N7O5/c1-34-10-8-21(15-34)39-22-12-23(33-30-14-22)19-4-2-3-18(11-19)13-29-9-7-20-16-35(28(37)40-20)25-6-5-24-27(31-25)32-26(36)17-38-24/h2-6,11-12,14,20-21,29H,7-10,13,15-17H2,1H3,(H,31,32,36). The molecule has 3 aliphatic heterocycles. The van der Waals surface area contributed by atoms with Crippen LogP contribution in [0.4, 0.5) is 16.4 Å². The SMILES string of the molecule is CN1CCC(Oc2cnnc(-c3cccc(CNCCC4CN(c5ccc6c(n5)NC(=O)CO6)C(=O)O4)c3)c2)C1. The van der Waals surface area contributed by atoms with Gasteiger partial charge in [-0.05, 0) is 50.2 Å². The second-order valence-corrected chi connectivity index (χ2v) is 10.2. The maximum Gasteiger partial charge on any atom is 0.415 e. The first-order valence-electron chi connectivity index (χ1n) is 13.4. The van der Waals surface area contributed by atoms with Gasteiger partial charge in [-0.25, -0.2) is 9.78 Å². The predicted molar refractivity (Wildman–Crippen MR) is 146 cm³/mol. The Bertz CT molecular complexity index is 1400. The summed E-state index contributed by atoms with van der Waals surface area (Å²) in [5.74, 6) is 1.65. The maximum atomic E-state index is 12.5. The lowest BCUT2D eigenvalue weighted by Crippen LogP contribution is -2.29. The highest BCUT2D eigenvalue weighted by Gasteiger charge is 2.33. The molecule has 3 aliphatic rings. The molecule has 2 aromatic heterocycles. The van der Waals surface area contributed by atoms with Gasteiger partial charge in [0.15, 0.2) is 18.2 Å². The Morgan fingerprint density at radius 1 is 1.18 bits per heavy atom. The Morgan fingerprint density at radius 3 is 2.98 bits per heavy atom. The molecule has 0 saturated carbocycles. The molecule has 5 heterocycles. The average Bonchev–Trinajstić information content (AvgIpc) is 3.55. The van der Waals surface area contributed by atoms with Gasteiger partial charge in [0.05, 0.1) is 18.4 Å². The highest BCUT2D eigenvalue weighted by atomic mass is 16.6. The third kappa shape index (κ3) is 5.97. The van der Waals surface area contributed by atoms with Crippen LogP contribution in [0.5, 0.6) is 11.5 Å². The van der Waals surface area contributed by atoms with Crippen molar-refractivity contribution in [3.63, 3.8) is 0 Å². The minimum atomic E-state index is -0.458. The van der Waals surface area contributed by atoms with Crippen LogP contribution in [-0.2, 0) is 16.1 Å². The zero-order valence-corrected chi connectivity index (χ0v) is 22.2. The first-order chi connectivity index (χ1) is 19.5. The van der Waals surface area contributed by atoms with Crippen molar-refractivity contribution in [2.45, 2.75) is 31.6 Å². The van der Waals surface area contributed by atoms with E-state index in [-0.39, 0.29) is 24.7 Å². The molecule has 0 spiro atoms. The number of hydrogen-bond acceptors (Lipinski definition) is 10. The van der Waals surface area contributed by atoms with Crippen LogP contribution in [0.1, 0.15) is 18.4 Å². The number of nitrogens with one attached hydrogen (secondary N) is 2. The van der Waals surface area contributed by atoms with E-state index >= 15 is 0 Å². The Labute approximate surface area is 231 Å². The van der Waals surface area contributed by atoms with Crippen molar-refractivity contribution in [2.24, 2.45) is 0 Å². The molecular weight excluding hydrogens is 514 g/mol. The van der Waals surface area contributed by atoms with Crippen molar-refractivity contribution in [3.05, 3.63) is 54.2 Å². The number of carbonyl (C=O) groups excluding carboxylic acids is 2. The van der Waals surface area contributed by atoms with Crippen molar-refractivity contribution in [3.8, 4) is 22.8 Å². The molecule has 0 bridgehead atoms. The van der Waals surface area contributed by atoms with Gasteiger partial charge in [0.2, 0.25) is 0 Å². The van der Waals surface area contributed by atoms with E-state index in [0.29, 0.717) is 43.4 Å². The van der Waals surface area contributed by atoms with Crippen LogP contribution >= 0.6 is 0 Å². The van der Waals surface area contributed by atoms with Gasteiger partial charge >= 0.3 is 6.09 Å². The molecule has 6 rings (SSSR count). The summed E-state index contributed by atoms with van der Waals surface area (Å²) in [4.78, 5) is 32.2. The van der Waals surface area contributed by atoms with Crippen LogP contribution in [0.15, 0.2) is 48.7 Å². The number of pyridine rings is 1. The average molecular weight is 546 g/mol. The van der Waals surface area contributed by atoms with Crippen molar-refractivity contribution >= 4 is 23.6 Å². The number of likely N-dealkylation sites (N-methyl/N-ethyl adjacent to an activating group) is 1. The third-order valence-corrected chi connectivity index (χ3v) is 7.09. The summed E-state index contributed by atoms with van der Waals surface area (Å²) in [7, 11) is 2.10. The molecular formula is C28H31N7O5. The molecule has 208 valence electrons. The molecule has 0 aliphatic carbocycles. The van der Waals surface area contributed by atoms with Gasteiger partial charge < -0.3 is 29.7 Å². The molecule has 2 saturated heterocycles. The highest BCUT2D eigenvalue weighted by Crippen LogP contribution is 2.30. The summed E-state index contributed by atoms with van der Waals surface area (Å²) in [5.41, 5.74) is 2.85. The van der Waals surface area contributed by atoms with Gasteiger partial charge in [-0.15, -0.1) is 0 Å². The predicted octanol–water partition coefficient (Wildman–Crippen LogP) is 2.46. The second-order valence-electron chi connectivity index (χ2n) is 10.2. The first kappa shape index (κ1) is 26.0. The lowest BCUT2D eigenvalue weighted by molar-refractivity contribution is -0.118.